The molecular weight excluding hydrogens is 336 g/mol. The molecule has 1 heterocycles. The second-order valence-electron chi connectivity index (χ2n) is 7.59. The monoisotopic (exact) mass is 366 g/mol. The highest BCUT2D eigenvalue weighted by Crippen LogP contribution is 2.27. The van der Waals surface area contributed by atoms with Crippen LogP contribution in [0.5, 0.6) is 0 Å². The minimum absolute atomic E-state index is 0.0235. The van der Waals surface area contributed by atoms with E-state index < -0.39 is 0 Å². The lowest BCUT2D eigenvalue weighted by molar-refractivity contribution is 0.208. The molecule has 0 atom stereocenters. The lowest BCUT2D eigenvalue weighted by Crippen LogP contribution is -2.50. The number of anilines is 3. The lowest BCUT2D eigenvalue weighted by Gasteiger charge is -2.37. The van der Waals surface area contributed by atoms with Crippen molar-refractivity contribution in [2.45, 2.75) is 20.8 Å². The first-order valence-corrected chi connectivity index (χ1v) is 9.51. The number of piperazine rings is 1. The van der Waals surface area contributed by atoms with Gasteiger partial charge in [0.25, 0.3) is 0 Å². The Balaban J connectivity index is 1.59. The van der Waals surface area contributed by atoms with E-state index in [9.17, 15) is 4.79 Å². The van der Waals surface area contributed by atoms with E-state index in [4.69, 9.17) is 0 Å². The van der Waals surface area contributed by atoms with Crippen molar-refractivity contribution in [2.75, 3.05) is 55.4 Å². The molecule has 0 aliphatic carbocycles. The van der Waals surface area contributed by atoms with Crippen molar-refractivity contribution >= 4 is 23.1 Å². The van der Waals surface area contributed by atoms with Crippen LogP contribution in [-0.4, -0.2) is 51.2 Å². The van der Waals surface area contributed by atoms with Gasteiger partial charge in [-0.25, -0.2) is 4.79 Å². The standard InChI is InChI=1S/C22H30N4O/c1-16-14-17(2)21(18(3)15-16)25-10-12-26(13-11-25)22(27)23-19-6-8-20(9-7-19)24(4)5/h6-9,14-15H,10-13H2,1-5H3,(H,23,27). The summed E-state index contributed by atoms with van der Waals surface area (Å²) in [7, 11) is 4.01. The molecule has 0 spiro atoms. The smallest absolute Gasteiger partial charge is 0.321 e. The van der Waals surface area contributed by atoms with Gasteiger partial charge in [0.05, 0.1) is 0 Å². The van der Waals surface area contributed by atoms with Gasteiger partial charge in [-0.2, -0.15) is 0 Å². The highest BCUT2D eigenvalue weighted by atomic mass is 16.2. The second kappa shape index (κ2) is 7.91. The average Bonchev–Trinajstić information content (AvgIpc) is 2.62. The summed E-state index contributed by atoms with van der Waals surface area (Å²) in [6.07, 6.45) is 0. The highest BCUT2D eigenvalue weighted by molar-refractivity contribution is 5.89. The zero-order valence-electron chi connectivity index (χ0n) is 17.0. The summed E-state index contributed by atoms with van der Waals surface area (Å²) in [4.78, 5) is 18.9. The first-order valence-electron chi connectivity index (χ1n) is 9.51. The molecule has 5 nitrogen and oxygen atoms in total. The van der Waals surface area contributed by atoms with E-state index in [1.807, 2.05) is 48.2 Å². The Morgan fingerprint density at radius 2 is 1.48 bits per heavy atom. The maximum Gasteiger partial charge on any atom is 0.321 e. The summed E-state index contributed by atoms with van der Waals surface area (Å²) < 4.78 is 0. The van der Waals surface area contributed by atoms with Crippen LogP contribution in [0.2, 0.25) is 0 Å². The zero-order valence-corrected chi connectivity index (χ0v) is 17.0. The number of carbonyl (C=O) groups is 1. The zero-order chi connectivity index (χ0) is 19.6. The lowest BCUT2D eigenvalue weighted by atomic mass is 10.0. The molecule has 2 aromatic rings. The molecule has 1 aliphatic rings. The minimum Gasteiger partial charge on any atom is -0.378 e. The Hall–Kier alpha value is -2.69. The fourth-order valence-corrected chi connectivity index (χ4v) is 3.85. The molecule has 0 unspecified atom stereocenters. The summed E-state index contributed by atoms with van der Waals surface area (Å²) in [5.74, 6) is 0. The molecule has 0 aromatic heterocycles. The number of urea groups is 1. The SMILES string of the molecule is Cc1cc(C)c(N2CCN(C(=O)Nc3ccc(N(C)C)cc3)CC2)c(C)c1. The second-order valence-corrected chi connectivity index (χ2v) is 7.59. The molecule has 2 amide bonds. The third kappa shape index (κ3) is 4.35. The van der Waals surface area contributed by atoms with Gasteiger partial charge < -0.3 is 20.0 Å². The van der Waals surface area contributed by atoms with E-state index in [0.29, 0.717) is 0 Å². The molecule has 1 fully saturated rings. The molecule has 3 rings (SSSR count). The van der Waals surface area contributed by atoms with Crippen LogP contribution in [0, 0.1) is 20.8 Å². The van der Waals surface area contributed by atoms with E-state index in [0.717, 1.165) is 37.6 Å². The van der Waals surface area contributed by atoms with E-state index in [-0.39, 0.29) is 6.03 Å². The van der Waals surface area contributed by atoms with Crippen LogP contribution in [0.3, 0.4) is 0 Å². The number of aryl methyl sites for hydroxylation is 3. The topological polar surface area (TPSA) is 38.8 Å². The van der Waals surface area contributed by atoms with Crippen molar-refractivity contribution in [3.8, 4) is 0 Å². The van der Waals surface area contributed by atoms with Gasteiger partial charge in [0.2, 0.25) is 0 Å². The molecule has 1 saturated heterocycles. The van der Waals surface area contributed by atoms with Gasteiger partial charge in [0.15, 0.2) is 0 Å². The number of benzene rings is 2. The van der Waals surface area contributed by atoms with Gasteiger partial charge in [0.1, 0.15) is 0 Å². The number of carbonyl (C=O) groups excluding carboxylic acids is 1. The van der Waals surface area contributed by atoms with Crippen molar-refractivity contribution in [1.29, 1.82) is 0 Å². The van der Waals surface area contributed by atoms with Gasteiger partial charge in [-0.05, 0) is 56.2 Å². The van der Waals surface area contributed by atoms with Crippen molar-refractivity contribution in [3.05, 3.63) is 53.1 Å². The molecular formula is C22H30N4O. The average molecular weight is 367 g/mol. The number of nitrogens with one attached hydrogen (secondary N) is 1. The molecule has 0 saturated carbocycles. The van der Waals surface area contributed by atoms with Crippen LogP contribution in [0.25, 0.3) is 0 Å². The van der Waals surface area contributed by atoms with Crippen molar-refractivity contribution in [1.82, 2.24) is 4.90 Å². The van der Waals surface area contributed by atoms with Crippen molar-refractivity contribution in [2.24, 2.45) is 0 Å². The molecule has 27 heavy (non-hydrogen) atoms. The minimum atomic E-state index is -0.0235. The summed E-state index contributed by atoms with van der Waals surface area (Å²) in [6, 6.07) is 12.4. The van der Waals surface area contributed by atoms with Gasteiger partial charge in [0, 0.05) is 57.3 Å². The first-order chi connectivity index (χ1) is 12.8. The maximum absolute atomic E-state index is 12.6. The van der Waals surface area contributed by atoms with Crippen LogP contribution < -0.4 is 15.1 Å². The van der Waals surface area contributed by atoms with Gasteiger partial charge >= 0.3 is 6.03 Å². The Morgan fingerprint density at radius 1 is 0.926 bits per heavy atom. The molecule has 0 radical (unpaired) electrons. The normalized spacial score (nSPS) is 14.3. The fraction of sp³-hybridized carbons (Fsp3) is 0.409. The first kappa shape index (κ1) is 19.1. The summed E-state index contributed by atoms with van der Waals surface area (Å²) >= 11 is 0. The van der Waals surface area contributed by atoms with Gasteiger partial charge in [-0.15, -0.1) is 0 Å². The van der Waals surface area contributed by atoms with Gasteiger partial charge in [-0.1, -0.05) is 17.7 Å². The quantitative estimate of drug-likeness (QED) is 0.891. The number of hydrogen-bond donors (Lipinski definition) is 1. The van der Waals surface area contributed by atoms with Crippen LogP contribution >= 0.6 is 0 Å². The molecule has 1 aliphatic heterocycles. The molecule has 0 bridgehead atoms. The van der Waals surface area contributed by atoms with Crippen molar-refractivity contribution < 1.29 is 4.79 Å². The number of hydrogen-bond acceptors (Lipinski definition) is 3. The van der Waals surface area contributed by atoms with Crippen LogP contribution in [0.1, 0.15) is 16.7 Å². The summed E-state index contributed by atoms with van der Waals surface area (Å²) in [5.41, 5.74) is 7.19. The van der Waals surface area contributed by atoms with E-state index >= 15 is 0 Å². The van der Waals surface area contributed by atoms with E-state index in [1.54, 1.807) is 0 Å². The molecule has 1 N–H and O–H groups in total. The third-order valence-corrected chi connectivity index (χ3v) is 5.15. The number of rotatable bonds is 3. The largest absolute Gasteiger partial charge is 0.378 e. The Kier molecular flexibility index (Phi) is 5.59. The maximum atomic E-state index is 12.6. The predicted octanol–water partition coefficient (Wildman–Crippen LogP) is 4.03. The number of nitrogens with zero attached hydrogens (tertiary/aromatic N) is 3. The van der Waals surface area contributed by atoms with E-state index in [1.165, 1.54) is 22.4 Å². The summed E-state index contributed by atoms with van der Waals surface area (Å²) in [6.45, 7) is 9.66. The third-order valence-electron chi connectivity index (χ3n) is 5.15. The van der Waals surface area contributed by atoms with E-state index in [2.05, 4.69) is 43.1 Å². The predicted molar refractivity (Wildman–Crippen MR) is 114 cm³/mol. The van der Waals surface area contributed by atoms with Crippen LogP contribution in [-0.2, 0) is 0 Å². The Morgan fingerprint density at radius 3 is 2.00 bits per heavy atom. The molecule has 144 valence electrons. The Labute approximate surface area is 162 Å². The number of amides is 2. The fourth-order valence-electron chi connectivity index (χ4n) is 3.85. The molecule has 2 aromatic carbocycles. The van der Waals surface area contributed by atoms with Gasteiger partial charge in [-0.3, -0.25) is 0 Å². The Bertz CT molecular complexity index is 783. The van der Waals surface area contributed by atoms with Crippen LogP contribution in [0.4, 0.5) is 21.9 Å². The van der Waals surface area contributed by atoms with Crippen molar-refractivity contribution in [3.63, 3.8) is 0 Å². The highest BCUT2D eigenvalue weighted by Gasteiger charge is 2.23. The summed E-state index contributed by atoms with van der Waals surface area (Å²) in [5, 5.41) is 3.01. The molecule has 5 heteroatoms. The van der Waals surface area contributed by atoms with Crippen LogP contribution in [0.15, 0.2) is 36.4 Å².